The van der Waals surface area contributed by atoms with E-state index in [4.69, 9.17) is 0 Å². The Hall–Kier alpha value is -1.13. The highest BCUT2D eigenvalue weighted by molar-refractivity contribution is 7.10. The molecular formula is C16H25N3S. The Morgan fingerprint density at radius 1 is 1.30 bits per heavy atom. The van der Waals surface area contributed by atoms with E-state index in [2.05, 4.69) is 60.2 Å². The minimum absolute atomic E-state index is 0.192. The van der Waals surface area contributed by atoms with Gasteiger partial charge in [0.15, 0.2) is 0 Å². The highest BCUT2D eigenvalue weighted by Gasteiger charge is 2.21. The third-order valence-electron chi connectivity index (χ3n) is 3.57. The molecule has 2 heterocycles. The van der Waals surface area contributed by atoms with Gasteiger partial charge in [0.2, 0.25) is 0 Å². The summed E-state index contributed by atoms with van der Waals surface area (Å²) in [5, 5.41) is 5.88. The minimum Gasteiger partial charge on any atom is -0.336 e. The van der Waals surface area contributed by atoms with Crippen LogP contribution in [0, 0.1) is 5.92 Å². The summed E-state index contributed by atoms with van der Waals surface area (Å²) in [6.45, 7) is 6.83. The molecule has 0 radical (unpaired) electrons. The molecule has 2 rings (SSSR count). The highest BCUT2D eigenvalue weighted by Crippen LogP contribution is 2.25. The fourth-order valence-electron chi connectivity index (χ4n) is 2.35. The van der Waals surface area contributed by atoms with Crippen molar-refractivity contribution in [2.45, 2.75) is 45.7 Å². The predicted molar refractivity (Wildman–Crippen MR) is 86.0 cm³/mol. The minimum atomic E-state index is 0.192. The highest BCUT2D eigenvalue weighted by atomic mass is 32.1. The molecule has 0 saturated carbocycles. The van der Waals surface area contributed by atoms with Gasteiger partial charge in [0.05, 0.1) is 0 Å². The topological polar surface area (TPSA) is 29.9 Å². The van der Waals surface area contributed by atoms with Crippen LogP contribution in [-0.4, -0.2) is 15.6 Å². The molecule has 0 saturated heterocycles. The molecule has 0 bridgehead atoms. The van der Waals surface area contributed by atoms with Crippen molar-refractivity contribution < 1.29 is 0 Å². The third-order valence-corrected chi connectivity index (χ3v) is 4.51. The second-order valence-electron chi connectivity index (χ2n) is 5.88. The average molecular weight is 291 g/mol. The first kappa shape index (κ1) is 15.3. The summed E-state index contributed by atoms with van der Waals surface area (Å²) in [4.78, 5) is 5.86. The molecule has 0 amide bonds. The van der Waals surface area contributed by atoms with Crippen molar-refractivity contribution in [1.82, 2.24) is 14.9 Å². The number of thiophene rings is 1. The summed E-state index contributed by atoms with van der Waals surface area (Å²) in [6, 6.07) is 4.97. The van der Waals surface area contributed by atoms with Gasteiger partial charge in [-0.15, -0.1) is 11.3 Å². The maximum absolute atomic E-state index is 4.53. The zero-order valence-corrected chi connectivity index (χ0v) is 13.7. The Morgan fingerprint density at radius 3 is 2.65 bits per heavy atom. The van der Waals surface area contributed by atoms with Crippen molar-refractivity contribution in [3.8, 4) is 0 Å². The number of imidazole rings is 1. The van der Waals surface area contributed by atoms with Gasteiger partial charge in [0.25, 0.3) is 0 Å². The molecule has 0 aliphatic rings. The Labute approximate surface area is 126 Å². The fraction of sp³-hybridized carbons (Fsp3) is 0.562. The number of aromatic nitrogens is 2. The molecule has 20 heavy (non-hydrogen) atoms. The Kier molecular flexibility index (Phi) is 5.38. The molecule has 0 spiro atoms. The van der Waals surface area contributed by atoms with Crippen molar-refractivity contribution in [3.63, 3.8) is 0 Å². The Bertz CT molecular complexity index is 502. The van der Waals surface area contributed by atoms with E-state index in [1.807, 2.05) is 12.4 Å². The van der Waals surface area contributed by atoms with Crippen LogP contribution in [0.15, 0.2) is 29.9 Å². The van der Waals surface area contributed by atoms with Gasteiger partial charge in [0, 0.05) is 30.4 Å². The van der Waals surface area contributed by atoms with Crippen LogP contribution in [0.1, 0.15) is 50.4 Å². The molecule has 0 fully saturated rings. The van der Waals surface area contributed by atoms with E-state index in [1.54, 1.807) is 11.3 Å². The van der Waals surface area contributed by atoms with Gasteiger partial charge < -0.3 is 9.88 Å². The van der Waals surface area contributed by atoms with Crippen molar-refractivity contribution in [2.75, 3.05) is 0 Å². The SMILES string of the molecule is CC(C)CCC(C)NC(c1cccs1)c1nccn1C. The second kappa shape index (κ2) is 7.04. The zero-order chi connectivity index (χ0) is 14.5. The van der Waals surface area contributed by atoms with Crippen LogP contribution in [0.3, 0.4) is 0 Å². The van der Waals surface area contributed by atoms with Gasteiger partial charge in [-0.05, 0) is 37.1 Å². The first-order valence-corrected chi connectivity index (χ1v) is 8.22. The zero-order valence-electron chi connectivity index (χ0n) is 12.8. The Morgan fingerprint density at radius 2 is 2.10 bits per heavy atom. The second-order valence-corrected chi connectivity index (χ2v) is 6.86. The summed E-state index contributed by atoms with van der Waals surface area (Å²) < 4.78 is 2.10. The lowest BCUT2D eigenvalue weighted by atomic mass is 10.0. The summed E-state index contributed by atoms with van der Waals surface area (Å²) in [7, 11) is 2.06. The standard InChI is InChI=1S/C16H25N3S/c1-12(2)7-8-13(3)18-15(14-6-5-11-20-14)16-17-9-10-19(16)4/h5-6,9-13,15,18H,7-8H2,1-4H3. The molecule has 2 atom stereocenters. The lowest BCUT2D eigenvalue weighted by Gasteiger charge is -2.23. The van der Waals surface area contributed by atoms with Crippen molar-refractivity contribution >= 4 is 11.3 Å². The van der Waals surface area contributed by atoms with Crippen LogP contribution in [0.25, 0.3) is 0 Å². The number of rotatable bonds is 7. The van der Waals surface area contributed by atoms with Crippen LogP contribution < -0.4 is 5.32 Å². The largest absolute Gasteiger partial charge is 0.336 e. The summed E-state index contributed by atoms with van der Waals surface area (Å²) in [5.41, 5.74) is 0. The van der Waals surface area contributed by atoms with Crippen molar-refractivity contribution in [2.24, 2.45) is 13.0 Å². The number of hydrogen-bond acceptors (Lipinski definition) is 3. The smallest absolute Gasteiger partial charge is 0.131 e. The van der Waals surface area contributed by atoms with E-state index in [9.17, 15) is 0 Å². The van der Waals surface area contributed by atoms with Crippen molar-refractivity contribution in [1.29, 1.82) is 0 Å². The number of nitrogens with zero attached hydrogens (tertiary/aromatic N) is 2. The van der Waals surface area contributed by atoms with Gasteiger partial charge in [0.1, 0.15) is 11.9 Å². The summed E-state index contributed by atoms with van der Waals surface area (Å²) in [5.74, 6) is 1.84. The maximum Gasteiger partial charge on any atom is 0.131 e. The molecule has 3 nitrogen and oxygen atoms in total. The van der Waals surface area contributed by atoms with Crippen LogP contribution in [0.5, 0.6) is 0 Å². The van der Waals surface area contributed by atoms with Crippen LogP contribution in [0.2, 0.25) is 0 Å². The summed E-state index contributed by atoms with van der Waals surface area (Å²) in [6.07, 6.45) is 6.34. The monoisotopic (exact) mass is 291 g/mol. The fourth-order valence-corrected chi connectivity index (χ4v) is 3.13. The third kappa shape index (κ3) is 3.93. The van der Waals surface area contributed by atoms with Crippen LogP contribution in [-0.2, 0) is 7.05 Å². The van der Waals surface area contributed by atoms with E-state index in [0.717, 1.165) is 11.7 Å². The van der Waals surface area contributed by atoms with Crippen molar-refractivity contribution in [3.05, 3.63) is 40.6 Å². The van der Waals surface area contributed by atoms with Crippen LogP contribution >= 0.6 is 11.3 Å². The lowest BCUT2D eigenvalue weighted by Crippen LogP contribution is -2.32. The van der Waals surface area contributed by atoms with E-state index in [0.29, 0.717) is 6.04 Å². The molecule has 2 unspecified atom stereocenters. The van der Waals surface area contributed by atoms with Gasteiger partial charge >= 0.3 is 0 Å². The maximum atomic E-state index is 4.53. The quantitative estimate of drug-likeness (QED) is 0.836. The lowest BCUT2D eigenvalue weighted by molar-refractivity contribution is 0.419. The summed E-state index contributed by atoms with van der Waals surface area (Å²) >= 11 is 1.79. The first-order valence-electron chi connectivity index (χ1n) is 7.34. The van der Waals surface area contributed by atoms with E-state index in [1.165, 1.54) is 17.7 Å². The molecule has 2 aromatic rings. The van der Waals surface area contributed by atoms with E-state index in [-0.39, 0.29) is 6.04 Å². The molecule has 4 heteroatoms. The molecule has 0 aliphatic heterocycles. The Balaban J connectivity index is 2.10. The molecule has 110 valence electrons. The van der Waals surface area contributed by atoms with Gasteiger partial charge in [-0.3, -0.25) is 0 Å². The number of aryl methyl sites for hydroxylation is 1. The van der Waals surface area contributed by atoms with Gasteiger partial charge in [-0.1, -0.05) is 19.9 Å². The molecule has 2 aromatic heterocycles. The van der Waals surface area contributed by atoms with E-state index < -0.39 is 0 Å². The average Bonchev–Trinajstić information content (AvgIpc) is 3.05. The van der Waals surface area contributed by atoms with E-state index >= 15 is 0 Å². The molecule has 0 aliphatic carbocycles. The molecular weight excluding hydrogens is 266 g/mol. The number of hydrogen-bond donors (Lipinski definition) is 1. The normalized spacial score (nSPS) is 14.7. The predicted octanol–water partition coefficient (Wildman–Crippen LogP) is 3.99. The molecule has 0 aromatic carbocycles. The molecule has 1 N–H and O–H groups in total. The number of nitrogens with one attached hydrogen (secondary N) is 1. The van der Waals surface area contributed by atoms with Gasteiger partial charge in [-0.2, -0.15) is 0 Å². The first-order chi connectivity index (χ1) is 9.58. The van der Waals surface area contributed by atoms with Crippen LogP contribution in [0.4, 0.5) is 0 Å². The van der Waals surface area contributed by atoms with Gasteiger partial charge in [-0.25, -0.2) is 4.98 Å².